The van der Waals surface area contributed by atoms with Gasteiger partial charge in [-0.25, -0.2) is 0 Å². The average Bonchev–Trinajstić information content (AvgIpc) is 3.18. The first-order chi connectivity index (χ1) is 11.5. The molecule has 1 N–H and O–H groups in total. The number of carboxylic acids is 1. The highest BCUT2D eigenvalue weighted by molar-refractivity contribution is 6.34. The van der Waals surface area contributed by atoms with Crippen LogP contribution in [-0.2, 0) is 14.3 Å². The van der Waals surface area contributed by atoms with E-state index >= 15 is 0 Å². The molecule has 0 aliphatic carbocycles. The predicted molar refractivity (Wildman–Crippen MR) is 88.9 cm³/mol. The van der Waals surface area contributed by atoms with Crippen molar-refractivity contribution < 1.29 is 19.4 Å². The Morgan fingerprint density at radius 3 is 2.88 bits per heavy atom. The van der Waals surface area contributed by atoms with Gasteiger partial charge >= 0.3 is 5.97 Å². The largest absolute Gasteiger partial charge is 0.481 e. The molecule has 6 heteroatoms. The van der Waals surface area contributed by atoms with E-state index in [4.69, 9.17) is 16.3 Å². The number of anilines is 1. The van der Waals surface area contributed by atoms with Crippen molar-refractivity contribution in [2.24, 2.45) is 11.8 Å². The van der Waals surface area contributed by atoms with Crippen molar-refractivity contribution in [3.8, 4) is 0 Å². The molecule has 5 nitrogen and oxygen atoms in total. The van der Waals surface area contributed by atoms with Gasteiger partial charge in [0.15, 0.2) is 0 Å². The summed E-state index contributed by atoms with van der Waals surface area (Å²) in [6.45, 7) is 3.78. The average molecular weight is 346 g/mol. The molecule has 2 fully saturated rings. The van der Waals surface area contributed by atoms with Crippen molar-refractivity contribution in [2.45, 2.75) is 24.2 Å². The molecule has 1 amide bonds. The van der Waals surface area contributed by atoms with Crippen LogP contribution >= 0.6 is 11.6 Å². The standard InChI is InChI=1S/C18H16ClNO4/c1-2-5-13-18-9-8-12(24-18)14(17(22)23)15(18)16(21)20(13)11-7-4-3-6-10(11)19/h2-4,6-9,12-15H,1,5H2,(H,22,23)/t12-,13+,14+,15+,18-/m1/s1. The van der Waals surface area contributed by atoms with Crippen molar-refractivity contribution in [3.63, 3.8) is 0 Å². The minimum absolute atomic E-state index is 0.255. The van der Waals surface area contributed by atoms with Crippen molar-refractivity contribution in [1.82, 2.24) is 0 Å². The van der Waals surface area contributed by atoms with Gasteiger partial charge in [-0.1, -0.05) is 42.0 Å². The third-order valence-corrected chi connectivity index (χ3v) is 5.53. The Kier molecular flexibility index (Phi) is 3.34. The number of ether oxygens (including phenoxy) is 1. The zero-order valence-electron chi connectivity index (χ0n) is 12.8. The minimum Gasteiger partial charge on any atom is -0.481 e. The number of hydrogen-bond donors (Lipinski definition) is 1. The summed E-state index contributed by atoms with van der Waals surface area (Å²) in [5, 5.41) is 10.0. The number of carbonyl (C=O) groups excluding carboxylic acids is 1. The van der Waals surface area contributed by atoms with Gasteiger partial charge < -0.3 is 14.7 Å². The zero-order valence-corrected chi connectivity index (χ0v) is 13.5. The fourth-order valence-corrected chi connectivity index (χ4v) is 4.54. The van der Waals surface area contributed by atoms with E-state index < -0.39 is 29.5 Å². The normalized spacial score (nSPS) is 36.2. The summed E-state index contributed by atoms with van der Waals surface area (Å²) in [5.41, 5.74) is -0.359. The first-order valence-corrected chi connectivity index (χ1v) is 8.17. The van der Waals surface area contributed by atoms with Crippen LogP contribution in [0.25, 0.3) is 0 Å². The van der Waals surface area contributed by atoms with Crippen LogP contribution < -0.4 is 4.90 Å². The highest BCUT2D eigenvalue weighted by Gasteiger charge is 2.71. The number of para-hydroxylation sites is 1. The van der Waals surface area contributed by atoms with Crippen LogP contribution in [0.15, 0.2) is 49.1 Å². The fourth-order valence-electron chi connectivity index (χ4n) is 4.31. The van der Waals surface area contributed by atoms with Gasteiger partial charge in [-0.05, 0) is 18.6 Å². The third kappa shape index (κ3) is 1.79. The van der Waals surface area contributed by atoms with Crippen LogP contribution in [0.3, 0.4) is 0 Å². The van der Waals surface area contributed by atoms with Crippen LogP contribution in [0, 0.1) is 11.8 Å². The van der Waals surface area contributed by atoms with Crippen LogP contribution in [0.5, 0.6) is 0 Å². The summed E-state index contributed by atoms with van der Waals surface area (Å²) >= 11 is 6.29. The molecular weight excluding hydrogens is 330 g/mol. The first kappa shape index (κ1) is 15.4. The van der Waals surface area contributed by atoms with Gasteiger partial charge in [-0.2, -0.15) is 0 Å². The molecule has 0 radical (unpaired) electrons. The maximum atomic E-state index is 13.2. The lowest BCUT2D eigenvalue weighted by Gasteiger charge is -2.32. The van der Waals surface area contributed by atoms with Crippen LogP contribution in [0.2, 0.25) is 5.02 Å². The second kappa shape index (κ2) is 5.19. The monoisotopic (exact) mass is 345 g/mol. The summed E-state index contributed by atoms with van der Waals surface area (Å²) < 4.78 is 6.04. The second-order valence-electron chi connectivity index (χ2n) is 6.34. The molecule has 1 aromatic carbocycles. The lowest BCUT2D eigenvalue weighted by Crippen LogP contribution is -2.45. The Balaban J connectivity index is 1.87. The maximum Gasteiger partial charge on any atom is 0.310 e. The van der Waals surface area contributed by atoms with E-state index in [2.05, 4.69) is 6.58 Å². The van der Waals surface area contributed by atoms with Crippen molar-refractivity contribution in [1.29, 1.82) is 0 Å². The number of amides is 1. The van der Waals surface area contributed by atoms with E-state index in [0.29, 0.717) is 17.1 Å². The molecule has 1 aromatic rings. The summed E-state index contributed by atoms with van der Waals surface area (Å²) in [6, 6.07) is 6.70. The molecule has 1 spiro atoms. The van der Waals surface area contributed by atoms with E-state index in [0.717, 1.165) is 0 Å². The van der Waals surface area contributed by atoms with E-state index in [1.807, 2.05) is 6.08 Å². The van der Waals surface area contributed by atoms with Crippen LogP contribution in [-0.4, -0.2) is 34.7 Å². The number of carbonyl (C=O) groups is 2. The maximum absolute atomic E-state index is 13.2. The SMILES string of the molecule is C=CC[C@@H]1N(c2ccccc2Cl)C(=O)[C@@H]2[C@@H](C(=O)O)[C@H]3C=C[C@]21O3. The van der Waals surface area contributed by atoms with Crippen molar-refractivity contribution in [3.05, 3.63) is 54.1 Å². The number of nitrogens with zero attached hydrogens (tertiary/aromatic N) is 1. The molecule has 3 aliphatic rings. The number of fused-ring (bicyclic) bond motifs is 1. The van der Waals surface area contributed by atoms with Gasteiger partial charge in [0.25, 0.3) is 0 Å². The van der Waals surface area contributed by atoms with Crippen molar-refractivity contribution in [2.75, 3.05) is 4.90 Å². The quantitative estimate of drug-likeness (QED) is 0.852. The number of halogens is 1. The van der Waals surface area contributed by atoms with Crippen LogP contribution in [0.4, 0.5) is 5.69 Å². The van der Waals surface area contributed by atoms with Crippen molar-refractivity contribution >= 4 is 29.2 Å². The number of hydrogen-bond acceptors (Lipinski definition) is 3. The van der Waals surface area contributed by atoms with Gasteiger partial charge in [0, 0.05) is 0 Å². The summed E-state index contributed by atoms with van der Waals surface area (Å²) in [4.78, 5) is 26.5. The topological polar surface area (TPSA) is 66.8 Å². The Hall–Kier alpha value is -2.11. The summed E-state index contributed by atoms with van der Waals surface area (Å²) in [5.74, 6) is -2.88. The molecule has 0 saturated carbocycles. The summed E-state index contributed by atoms with van der Waals surface area (Å²) in [7, 11) is 0. The molecule has 5 atom stereocenters. The lowest BCUT2D eigenvalue weighted by molar-refractivity contribution is -0.146. The number of carboxylic acid groups (broad SMARTS) is 1. The second-order valence-corrected chi connectivity index (χ2v) is 6.74. The molecule has 2 bridgehead atoms. The highest BCUT2D eigenvalue weighted by Crippen LogP contribution is 2.56. The van der Waals surface area contributed by atoms with E-state index in [-0.39, 0.29) is 11.9 Å². The van der Waals surface area contributed by atoms with Gasteiger partial charge in [-0.15, -0.1) is 6.58 Å². The zero-order chi connectivity index (χ0) is 17.1. The molecule has 124 valence electrons. The van der Waals surface area contributed by atoms with E-state index in [1.165, 1.54) is 0 Å². The fraction of sp³-hybridized carbons (Fsp3) is 0.333. The molecule has 0 aromatic heterocycles. The number of benzene rings is 1. The molecule has 3 aliphatic heterocycles. The lowest BCUT2D eigenvalue weighted by atomic mass is 9.74. The Labute approximate surface area is 144 Å². The Bertz CT molecular complexity index is 776. The molecular formula is C18H16ClNO4. The molecule has 4 rings (SSSR count). The first-order valence-electron chi connectivity index (χ1n) is 7.79. The molecule has 3 heterocycles. The van der Waals surface area contributed by atoms with Gasteiger partial charge in [0.05, 0.1) is 28.8 Å². The van der Waals surface area contributed by atoms with E-state index in [9.17, 15) is 14.7 Å². The Morgan fingerprint density at radius 1 is 1.46 bits per heavy atom. The predicted octanol–water partition coefficient (Wildman–Crippen LogP) is 2.66. The third-order valence-electron chi connectivity index (χ3n) is 5.21. The Morgan fingerprint density at radius 2 is 2.21 bits per heavy atom. The van der Waals surface area contributed by atoms with Crippen LogP contribution in [0.1, 0.15) is 6.42 Å². The van der Waals surface area contributed by atoms with Gasteiger partial charge in [0.2, 0.25) is 5.91 Å². The highest BCUT2D eigenvalue weighted by atomic mass is 35.5. The molecule has 2 saturated heterocycles. The number of rotatable bonds is 4. The molecule has 24 heavy (non-hydrogen) atoms. The van der Waals surface area contributed by atoms with Gasteiger partial charge in [-0.3, -0.25) is 9.59 Å². The summed E-state index contributed by atoms with van der Waals surface area (Å²) in [6.07, 6.45) is 5.26. The number of aliphatic carboxylic acids is 1. The van der Waals surface area contributed by atoms with Gasteiger partial charge in [0.1, 0.15) is 11.5 Å². The minimum atomic E-state index is -1.01. The van der Waals surface area contributed by atoms with E-state index in [1.54, 1.807) is 41.3 Å². The molecule has 0 unspecified atom stereocenters. The smallest absolute Gasteiger partial charge is 0.310 e.